The second-order valence-corrected chi connectivity index (χ2v) is 8.62. The first-order valence-corrected chi connectivity index (χ1v) is 11.9. The van der Waals surface area contributed by atoms with Crippen LogP contribution in [0.2, 0.25) is 0 Å². The average molecular weight is 451 g/mol. The molecule has 1 aliphatic carbocycles. The van der Waals surface area contributed by atoms with Crippen molar-refractivity contribution in [2.45, 2.75) is 26.7 Å². The van der Waals surface area contributed by atoms with Crippen molar-refractivity contribution >= 4 is 28.9 Å². The van der Waals surface area contributed by atoms with Gasteiger partial charge in [0.05, 0.1) is 18.4 Å². The van der Waals surface area contributed by atoms with E-state index in [-0.39, 0.29) is 17.7 Å². The number of hydrogen-bond donors (Lipinski definition) is 1. The molecule has 7 nitrogen and oxygen atoms in total. The number of amides is 2. The number of rotatable bonds is 8. The number of benzene rings is 2. The lowest BCUT2D eigenvalue weighted by Gasteiger charge is -2.38. The molecule has 2 aliphatic rings. The van der Waals surface area contributed by atoms with Gasteiger partial charge in [-0.25, -0.2) is 0 Å². The van der Waals surface area contributed by atoms with Gasteiger partial charge in [0.1, 0.15) is 5.75 Å². The molecule has 0 radical (unpaired) electrons. The Bertz CT molecular complexity index is 993. The van der Waals surface area contributed by atoms with Crippen LogP contribution in [0.5, 0.6) is 5.75 Å². The van der Waals surface area contributed by atoms with Crippen molar-refractivity contribution in [1.29, 1.82) is 0 Å². The van der Waals surface area contributed by atoms with Crippen molar-refractivity contribution in [2.75, 3.05) is 61.5 Å². The van der Waals surface area contributed by atoms with Crippen molar-refractivity contribution in [3.63, 3.8) is 0 Å². The monoisotopic (exact) mass is 450 g/mol. The Balaban J connectivity index is 1.55. The predicted octanol–water partition coefficient (Wildman–Crippen LogP) is 3.85. The van der Waals surface area contributed by atoms with E-state index in [1.165, 1.54) is 0 Å². The molecule has 176 valence electrons. The van der Waals surface area contributed by atoms with E-state index < -0.39 is 0 Å². The molecule has 0 bridgehead atoms. The second-order valence-electron chi connectivity index (χ2n) is 8.62. The third-order valence-electron chi connectivity index (χ3n) is 6.54. The normalized spacial score (nSPS) is 15.8. The van der Waals surface area contributed by atoms with Gasteiger partial charge in [-0.3, -0.25) is 9.59 Å². The molecule has 4 rings (SSSR count). The molecule has 2 fully saturated rings. The fourth-order valence-corrected chi connectivity index (χ4v) is 4.41. The molecule has 7 heteroatoms. The van der Waals surface area contributed by atoms with E-state index >= 15 is 0 Å². The van der Waals surface area contributed by atoms with Crippen LogP contribution in [0.25, 0.3) is 0 Å². The van der Waals surface area contributed by atoms with Crippen LogP contribution in [0, 0.1) is 5.92 Å². The maximum atomic E-state index is 13.4. The van der Waals surface area contributed by atoms with Crippen LogP contribution in [0.1, 0.15) is 37.0 Å². The summed E-state index contributed by atoms with van der Waals surface area (Å²) in [5, 5.41) is 3.00. The van der Waals surface area contributed by atoms with E-state index in [1.54, 1.807) is 7.11 Å². The van der Waals surface area contributed by atoms with E-state index in [4.69, 9.17) is 4.74 Å². The summed E-state index contributed by atoms with van der Waals surface area (Å²) in [6.07, 6.45) is 1.90. The number of carbonyl (C=O) groups excluding carboxylic acids is 2. The summed E-state index contributed by atoms with van der Waals surface area (Å²) in [6, 6.07) is 13.8. The van der Waals surface area contributed by atoms with Crippen LogP contribution in [0.4, 0.5) is 17.1 Å². The van der Waals surface area contributed by atoms with Crippen molar-refractivity contribution in [2.24, 2.45) is 5.92 Å². The summed E-state index contributed by atoms with van der Waals surface area (Å²) in [7, 11) is 1.70. The van der Waals surface area contributed by atoms with Crippen LogP contribution in [-0.2, 0) is 4.79 Å². The van der Waals surface area contributed by atoms with Gasteiger partial charge in [0.2, 0.25) is 5.91 Å². The molecule has 0 aromatic heterocycles. The summed E-state index contributed by atoms with van der Waals surface area (Å²) >= 11 is 0. The molecule has 1 saturated carbocycles. The first-order valence-electron chi connectivity index (χ1n) is 11.9. The highest BCUT2D eigenvalue weighted by Crippen LogP contribution is 2.33. The molecule has 0 spiro atoms. The number of nitrogens with zero attached hydrogens (tertiary/aromatic N) is 3. The molecule has 2 aromatic rings. The quantitative estimate of drug-likeness (QED) is 0.662. The maximum Gasteiger partial charge on any atom is 0.256 e. The second kappa shape index (κ2) is 10.1. The average Bonchev–Trinajstić information content (AvgIpc) is 3.70. The van der Waals surface area contributed by atoms with Crippen molar-refractivity contribution in [3.8, 4) is 5.75 Å². The summed E-state index contributed by atoms with van der Waals surface area (Å²) in [4.78, 5) is 32.1. The number of para-hydroxylation sites is 2. The number of methoxy groups -OCH3 is 1. The van der Waals surface area contributed by atoms with Crippen LogP contribution >= 0.6 is 0 Å². The Morgan fingerprint density at radius 3 is 2.21 bits per heavy atom. The summed E-state index contributed by atoms with van der Waals surface area (Å²) in [6.45, 7) is 8.54. The highest BCUT2D eigenvalue weighted by Gasteiger charge is 2.30. The summed E-state index contributed by atoms with van der Waals surface area (Å²) in [5.41, 5.74) is 3.37. The Labute approximate surface area is 196 Å². The SMILES string of the molecule is CCN(CC)C(=O)c1cc(NC(=O)C2CC2)ccc1N1CCN(c2ccccc2OC)CC1. The molecular formula is C26H34N4O3. The van der Waals surface area contributed by atoms with E-state index in [9.17, 15) is 9.59 Å². The smallest absolute Gasteiger partial charge is 0.256 e. The molecule has 2 aromatic carbocycles. The standard InChI is InChI=1S/C26H34N4O3/c1-4-28(5-2)26(32)21-18-20(27-25(31)19-10-11-19)12-13-22(21)29-14-16-30(17-15-29)23-8-6-7-9-24(23)33-3/h6-9,12-13,18-19H,4-5,10-11,14-17H2,1-3H3,(H,27,31). The first-order chi connectivity index (χ1) is 16.0. The summed E-state index contributed by atoms with van der Waals surface area (Å²) < 4.78 is 5.54. The topological polar surface area (TPSA) is 65.1 Å². The van der Waals surface area contributed by atoms with E-state index in [2.05, 4.69) is 21.2 Å². The molecule has 1 saturated heterocycles. The number of hydrogen-bond acceptors (Lipinski definition) is 5. The lowest BCUT2D eigenvalue weighted by molar-refractivity contribution is -0.117. The van der Waals surface area contributed by atoms with E-state index in [1.807, 2.05) is 55.1 Å². The molecule has 2 amide bonds. The van der Waals surface area contributed by atoms with E-state index in [0.717, 1.165) is 56.1 Å². The molecule has 0 unspecified atom stereocenters. The fraction of sp³-hybridized carbons (Fsp3) is 0.462. The van der Waals surface area contributed by atoms with Crippen molar-refractivity contribution in [3.05, 3.63) is 48.0 Å². The Morgan fingerprint density at radius 1 is 0.970 bits per heavy atom. The Kier molecular flexibility index (Phi) is 7.06. The molecule has 0 atom stereocenters. The van der Waals surface area contributed by atoms with Crippen LogP contribution in [0.15, 0.2) is 42.5 Å². The van der Waals surface area contributed by atoms with Crippen molar-refractivity contribution < 1.29 is 14.3 Å². The van der Waals surface area contributed by atoms with Crippen LogP contribution in [-0.4, -0.2) is 63.1 Å². The third-order valence-corrected chi connectivity index (χ3v) is 6.54. The van der Waals surface area contributed by atoms with Gasteiger partial charge in [0.25, 0.3) is 5.91 Å². The zero-order chi connectivity index (χ0) is 23.4. The van der Waals surface area contributed by atoms with Gasteiger partial charge in [-0.15, -0.1) is 0 Å². The van der Waals surface area contributed by atoms with E-state index in [0.29, 0.717) is 24.3 Å². The lowest BCUT2D eigenvalue weighted by Crippen LogP contribution is -2.47. The largest absolute Gasteiger partial charge is 0.495 e. The lowest BCUT2D eigenvalue weighted by atomic mass is 10.1. The minimum Gasteiger partial charge on any atom is -0.495 e. The zero-order valence-electron chi connectivity index (χ0n) is 19.8. The van der Waals surface area contributed by atoms with Crippen LogP contribution < -0.4 is 19.9 Å². The summed E-state index contributed by atoms with van der Waals surface area (Å²) in [5.74, 6) is 1.05. The van der Waals surface area contributed by atoms with Crippen LogP contribution in [0.3, 0.4) is 0 Å². The maximum absolute atomic E-state index is 13.4. The molecular weight excluding hydrogens is 416 g/mol. The minimum atomic E-state index is 0.00433. The number of nitrogens with one attached hydrogen (secondary N) is 1. The van der Waals surface area contributed by atoms with Crippen molar-refractivity contribution in [1.82, 2.24) is 4.90 Å². The van der Waals surface area contributed by atoms with Gasteiger partial charge < -0.3 is 24.8 Å². The number of anilines is 3. The number of ether oxygens (including phenoxy) is 1. The third kappa shape index (κ3) is 5.07. The van der Waals surface area contributed by atoms with Gasteiger partial charge in [-0.05, 0) is 57.0 Å². The molecule has 33 heavy (non-hydrogen) atoms. The highest BCUT2D eigenvalue weighted by atomic mass is 16.5. The van der Waals surface area contributed by atoms with Gasteiger partial charge in [-0.2, -0.15) is 0 Å². The predicted molar refractivity (Wildman–Crippen MR) is 132 cm³/mol. The Hall–Kier alpha value is -3.22. The molecule has 1 N–H and O–H groups in total. The number of carbonyl (C=O) groups is 2. The molecule has 1 aliphatic heterocycles. The van der Waals surface area contributed by atoms with Gasteiger partial charge >= 0.3 is 0 Å². The first kappa shape index (κ1) is 23.0. The zero-order valence-corrected chi connectivity index (χ0v) is 19.8. The number of piperazine rings is 1. The Morgan fingerprint density at radius 2 is 1.61 bits per heavy atom. The minimum absolute atomic E-state index is 0.00433. The van der Waals surface area contributed by atoms with Gasteiger partial charge in [0, 0.05) is 56.6 Å². The van der Waals surface area contributed by atoms with Gasteiger partial charge in [-0.1, -0.05) is 12.1 Å². The highest BCUT2D eigenvalue weighted by molar-refractivity contribution is 6.02. The van der Waals surface area contributed by atoms with Gasteiger partial charge in [0.15, 0.2) is 0 Å². The fourth-order valence-electron chi connectivity index (χ4n) is 4.41. The molecule has 1 heterocycles.